The van der Waals surface area contributed by atoms with Crippen LogP contribution >= 0.6 is 0 Å². The Balaban J connectivity index is 1.87. The summed E-state index contributed by atoms with van der Waals surface area (Å²) >= 11 is 0. The topological polar surface area (TPSA) is 77.2 Å². The quantitative estimate of drug-likeness (QED) is 0.565. The van der Waals surface area contributed by atoms with E-state index in [0.29, 0.717) is 37.0 Å². The van der Waals surface area contributed by atoms with Crippen LogP contribution < -0.4 is 5.32 Å². The number of aryl methyl sites for hydroxylation is 1. The Labute approximate surface area is 162 Å². The number of halogens is 3. The van der Waals surface area contributed by atoms with Gasteiger partial charge in [0.25, 0.3) is 0 Å². The summed E-state index contributed by atoms with van der Waals surface area (Å²) < 4.78 is 42.3. The van der Waals surface area contributed by atoms with Gasteiger partial charge in [-0.2, -0.15) is 13.2 Å². The highest BCUT2D eigenvalue weighted by Gasteiger charge is 2.31. The summed E-state index contributed by atoms with van der Waals surface area (Å²) in [6.07, 6.45) is -4.42. The number of alkyl halides is 3. The van der Waals surface area contributed by atoms with Crippen molar-refractivity contribution >= 4 is 11.9 Å². The van der Waals surface area contributed by atoms with E-state index < -0.39 is 18.6 Å². The predicted molar refractivity (Wildman–Crippen MR) is 97.8 cm³/mol. The molecule has 1 saturated heterocycles. The van der Waals surface area contributed by atoms with Crippen molar-refractivity contribution in [2.45, 2.75) is 26.6 Å². The van der Waals surface area contributed by atoms with Crippen LogP contribution in [-0.4, -0.2) is 90.8 Å². The second kappa shape index (κ2) is 9.76. The van der Waals surface area contributed by atoms with Gasteiger partial charge < -0.3 is 19.6 Å². The van der Waals surface area contributed by atoms with E-state index in [-0.39, 0.29) is 6.54 Å². The summed E-state index contributed by atoms with van der Waals surface area (Å²) in [7, 11) is 1.13. The number of carbonyl (C=O) groups is 1. The molecule has 0 aliphatic carbocycles. The van der Waals surface area contributed by atoms with Crippen molar-refractivity contribution < 1.29 is 22.5 Å². The van der Waals surface area contributed by atoms with Gasteiger partial charge in [0.1, 0.15) is 18.8 Å². The van der Waals surface area contributed by atoms with Gasteiger partial charge in [0.15, 0.2) is 5.96 Å². The first-order valence-corrected chi connectivity index (χ1v) is 9.16. The summed E-state index contributed by atoms with van der Waals surface area (Å²) in [5.74, 6) is 0.635. The molecule has 0 atom stereocenters. The molecule has 8 nitrogen and oxygen atoms in total. The zero-order valence-corrected chi connectivity index (χ0v) is 16.4. The van der Waals surface area contributed by atoms with Gasteiger partial charge >= 0.3 is 6.18 Å². The molecule has 1 N–H and O–H groups in total. The molecule has 2 heterocycles. The highest BCUT2D eigenvalue weighted by Crippen LogP contribution is 2.15. The lowest BCUT2D eigenvalue weighted by molar-refractivity contribution is -0.157. The summed E-state index contributed by atoms with van der Waals surface area (Å²) in [5, 5.41) is 7.10. The molecule has 0 unspecified atom stereocenters. The zero-order chi connectivity index (χ0) is 20.7. The lowest BCUT2D eigenvalue weighted by atomic mass is 10.3. The van der Waals surface area contributed by atoms with E-state index in [0.717, 1.165) is 31.6 Å². The predicted octanol–water partition coefficient (Wildman–Crippen LogP) is 1.09. The average Bonchev–Trinajstić information content (AvgIpc) is 3.02. The number of hydrogen-bond donors (Lipinski definition) is 1. The molecule has 11 heteroatoms. The molecule has 1 fully saturated rings. The van der Waals surface area contributed by atoms with E-state index in [9.17, 15) is 18.0 Å². The number of nitrogens with one attached hydrogen (secondary N) is 1. The second-order valence-electron chi connectivity index (χ2n) is 6.73. The number of aliphatic imine (C=N–C) groups is 1. The summed E-state index contributed by atoms with van der Waals surface area (Å²) in [6.45, 7) is 6.37. The molecule has 28 heavy (non-hydrogen) atoms. The molecular weight excluding hydrogens is 377 g/mol. The van der Waals surface area contributed by atoms with Crippen LogP contribution in [-0.2, 0) is 11.3 Å². The normalized spacial score (nSPS) is 16.4. The Hall–Kier alpha value is -2.30. The van der Waals surface area contributed by atoms with Crippen LogP contribution in [0.25, 0.3) is 0 Å². The van der Waals surface area contributed by atoms with Gasteiger partial charge in [-0.3, -0.25) is 9.69 Å². The number of carbonyl (C=O) groups excluding carboxylic acids is 1. The van der Waals surface area contributed by atoms with E-state index in [4.69, 9.17) is 4.52 Å². The number of rotatable bonds is 6. The van der Waals surface area contributed by atoms with Crippen LogP contribution in [0.2, 0.25) is 0 Å². The molecule has 2 rings (SSSR count). The Morgan fingerprint density at radius 3 is 2.57 bits per heavy atom. The molecule has 0 spiro atoms. The van der Waals surface area contributed by atoms with E-state index in [1.54, 1.807) is 0 Å². The zero-order valence-electron chi connectivity index (χ0n) is 16.4. The number of guanidine groups is 1. The maximum absolute atomic E-state index is 12.4. The Bertz CT molecular complexity index is 668. The lowest BCUT2D eigenvalue weighted by Crippen LogP contribution is -2.52. The molecule has 1 aromatic rings. The highest BCUT2D eigenvalue weighted by molar-refractivity contribution is 5.85. The molecule has 158 valence electrons. The maximum Gasteiger partial charge on any atom is 0.406 e. The molecule has 1 aromatic heterocycles. The van der Waals surface area contributed by atoms with Gasteiger partial charge in [0.2, 0.25) is 5.91 Å². The Morgan fingerprint density at radius 1 is 1.36 bits per heavy atom. The van der Waals surface area contributed by atoms with Crippen molar-refractivity contribution in [3.63, 3.8) is 0 Å². The minimum Gasteiger partial charge on any atom is -0.361 e. The lowest BCUT2D eigenvalue weighted by Gasteiger charge is -2.36. The van der Waals surface area contributed by atoms with Crippen LogP contribution in [0.15, 0.2) is 15.6 Å². The smallest absolute Gasteiger partial charge is 0.361 e. The van der Waals surface area contributed by atoms with Crippen molar-refractivity contribution in [1.29, 1.82) is 0 Å². The molecule has 1 aliphatic heterocycles. The second-order valence-corrected chi connectivity index (χ2v) is 6.73. The van der Waals surface area contributed by atoms with Gasteiger partial charge in [-0.1, -0.05) is 5.16 Å². The molecule has 0 aromatic carbocycles. The van der Waals surface area contributed by atoms with Gasteiger partial charge in [-0.25, -0.2) is 4.99 Å². The minimum atomic E-state index is -4.42. The SMILES string of the molecule is CCNC(=NCC(=O)N(C)CC(F)(F)F)N1CCN(Cc2cc(C)on2)CC1. The molecule has 1 amide bonds. The van der Waals surface area contributed by atoms with Gasteiger partial charge in [-0.05, 0) is 13.8 Å². The fourth-order valence-corrected chi connectivity index (χ4v) is 2.89. The molecule has 1 aliphatic rings. The highest BCUT2D eigenvalue weighted by atomic mass is 19.4. The number of piperazine rings is 1. The standard InChI is InChI=1S/C17H27F3N6O2/c1-4-21-16(22-10-15(27)24(3)12-17(18,19)20)26-7-5-25(6-8-26)11-14-9-13(2)28-23-14/h9H,4-8,10-12H2,1-3H3,(H,21,22). The molecular formula is C17H27F3N6O2. The van der Waals surface area contributed by atoms with Crippen LogP contribution in [0.1, 0.15) is 18.4 Å². The first-order chi connectivity index (χ1) is 13.2. The third kappa shape index (κ3) is 7.02. The monoisotopic (exact) mass is 404 g/mol. The van der Waals surface area contributed by atoms with Crippen molar-refractivity contribution in [1.82, 2.24) is 25.2 Å². The van der Waals surface area contributed by atoms with Gasteiger partial charge in [0.05, 0.1) is 5.69 Å². The van der Waals surface area contributed by atoms with Crippen molar-refractivity contribution in [2.24, 2.45) is 4.99 Å². The van der Waals surface area contributed by atoms with Crippen molar-refractivity contribution in [3.8, 4) is 0 Å². The first kappa shape index (κ1) is 22.0. The minimum absolute atomic E-state index is 0.326. The number of likely N-dealkylation sites (N-methyl/N-ethyl adjacent to an activating group) is 1. The van der Waals surface area contributed by atoms with Crippen molar-refractivity contribution in [3.05, 3.63) is 17.5 Å². The Kier molecular flexibility index (Phi) is 7.67. The summed E-state index contributed by atoms with van der Waals surface area (Å²) in [5.41, 5.74) is 0.879. The molecule has 0 radical (unpaired) electrons. The number of aromatic nitrogens is 1. The van der Waals surface area contributed by atoms with Crippen LogP contribution in [0.5, 0.6) is 0 Å². The van der Waals surface area contributed by atoms with E-state index in [1.165, 1.54) is 0 Å². The van der Waals surface area contributed by atoms with Crippen LogP contribution in [0.3, 0.4) is 0 Å². The largest absolute Gasteiger partial charge is 0.406 e. The third-order valence-electron chi connectivity index (χ3n) is 4.28. The molecule has 0 saturated carbocycles. The summed E-state index contributed by atoms with van der Waals surface area (Å²) in [6, 6.07) is 1.90. The molecule has 0 bridgehead atoms. The van der Waals surface area contributed by atoms with Crippen LogP contribution in [0.4, 0.5) is 13.2 Å². The fraction of sp³-hybridized carbons (Fsp3) is 0.706. The number of hydrogen-bond acceptors (Lipinski definition) is 5. The van der Waals surface area contributed by atoms with Gasteiger partial charge in [0, 0.05) is 52.4 Å². The van der Waals surface area contributed by atoms with E-state index >= 15 is 0 Å². The third-order valence-corrected chi connectivity index (χ3v) is 4.28. The van der Waals surface area contributed by atoms with Gasteiger partial charge in [-0.15, -0.1) is 0 Å². The first-order valence-electron chi connectivity index (χ1n) is 9.16. The summed E-state index contributed by atoms with van der Waals surface area (Å²) in [4.78, 5) is 21.0. The fourth-order valence-electron chi connectivity index (χ4n) is 2.89. The van der Waals surface area contributed by atoms with E-state index in [1.807, 2.05) is 24.8 Å². The van der Waals surface area contributed by atoms with Crippen molar-refractivity contribution in [2.75, 3.05) is 52.9 Å². The number of nitrogens with zero attached hydrogens (tertiary/aromatic N) is 5. The Morgan fingerprint density at radius 2 is 2.04 bits per heavy atom. The van der Waals surface area contributed by atoms with E-state index in [2.05, 4.69) is 20.4 Å². The van der Waals surface area contributed by atoms with Crippen LogP contribution in [0, 0.1) is 6.92 Å². The number of amides is 1. The average molecular weight is 404 g/mol. The maximum atomic E-state index is 12.4.